The van der Waals surface area contributed by atoms with E-state index in [1.165, 1.54) is 17.0 Å². The highest BCUT2D eigenvalue weighted by Gasteiger charge is 2.27. The van der Waals surface area contributed by atoms with Crippen molar-refractivity contribution in [1.29, 1.82) is 5.26 Å². The van der Waals surface area contributed by atoms with Gasteiger partial charge in [-0.1, -0.05) is 11.6 Å². The molecule has 3 nitrogen and oxygen atoms in total. The van der Waals surface area contributed by atoms with Gasteiger partial charge in [-0.05, 0) is 18.2 Å². The van der Waals surface area contributed by atoms with Crippen LogP contribution in [0.4, 0.5) is 4.39 Å². The van der Waals surface area contributed by atoms with E-state index >= 15 is 0 Å². The molecule has 0 spiro atoms. The second-order valence-electron chi connectivity index (χ2n) is 3.85. The summed E-state index contributed by atoms with van der Waals surface area (Å²) < 4.78 is 13.0. The summed E-state index contributed by atoms with van der Waals surface area (Å²) in [5.41, 5.74) is 0.313. The largest absolute Gasteiger partial charge is 0.321 e. The average Bonchev–Trinajstić information content (AvgIpc) is 2.41. The Labute approximate surface area is 114 Å². The minimum Gasteiger partial charge on any atom is -0.321 e. The quantitative estimate of drug-likeness (QED) is 0.796. The Kier molecular flexibility index (Phi) is 4.10. The number of hydrogen-bond acceptors (Lipinski definition) is 3. The zero-order chi connectivity index (χ0) is 13.1. The van der Waals surface area contributed by atoms with Gasteiger partial charge in [0.25, 0.3) is 5.91 Å². The highest BCUT2D eigenvalue weighted by atomic mass is 35.5. The SMILES string of the molecule is N#CC1CSCCN1C(=O)c1ccc(F)c(Cl)c1. The first-order valence-electron chi connectivity index (χ1n) is 5.37. The molecule has 1 fully saturated rings. The first-order chi connectivity index (χ1) is 8.63. The maximum atomic E-state index is 13.0. The van der Waals surface area contributed by atoms with Gasteiger partial charge < -0.3 is 4.90 Å². The Morgan fingerprint density at radius 1 is 1.61 bits per heavy atom. The Hall–Kier alpha value is -1.25. The number of hydrogen-bond donors (Lipinski definition) is 0. The second-order valence-corrected chi connectivity index (χ2v) is 5.40. The molecular formula is C12H10ClFN2OS. The molecule has 0 N–H and O–H groups in total. The van der Waals surface area contributed by atoms with E-state index in [0.717, 1.165) is 11.8 Å². The molecule has 0 radical (unpaired) electrons. The third-order valence-electron chi connectivity index (χ3n) is 2.70. The average molecular weight is 285 g/mol. The molecule has 0 saturated carbocycles. The van der Waals surface area contributed by atoms with Crippen LogP contribution in [0.1, 0.15) is 10.4 Å². The lowest BCUT2D eigenvalue weighted by atomic mass is 10.1. The van der Waals surface area contributed by atoms with Gasteiger partial charge in [-0.2, -0.15) is 17.0 Å². The molecule has 1 saturated heterocycles. The van der Waals surface area contributed by atoms with Gasteiger partial charge >= 0.3 is 0 Å². The second kappa shape index (κ2) is 5.59. The molecule has 0 bridgehead atoms. The summed E-state index contributed by atoms with van der Waals surface area (Å²) >= 11 is 7.30. The van der Waals surface area contributed by atoms with E-state index < -0.39 is 11.9 Å². The van der Waals surface area contributed by atoms with Crippen molar-refractivity contribution >= 4 is 29.3 Å². The number of nitrogens with zero attached hydrogens (tertiary/aromatic N) is 2. The number of carbonyl (C=O) groups excluding carboxylic acids is 1. The van der Waals surface area contributed by atoms with Crippen molar-refractivity contribution in [2.24, 2.45) is 0 Å². The molecule has 94 valence electrons. The fourth-order valence-corrected chi connectivity index (χ4v) is 2.90. The summed E-state index contributed by atoms with van der Waals surface area (Å²) in [5, 5.41) is 8.93. The van der Waals surface area contributed by atoms with Gasteiger partial charge in [0.05, 0.1) is 11.1 Å². The van der Waals surface area contributed by atoms with Gasteiger partial charge in [0, 0.05) is 23.6 Å². The minimum absolute atomic E-state index is 0.0826. The van der Waals surface area contributed by atoms with Crippen LogP contribution in [0.25, 0.3) is 0 Å². The van der Waals surface area contributed by atoms with E-state index in [4.69, 9.17) is 16.9 Å². The zero-order valence-corrected chi connectivity index (χ0v) is 11.0. The molecule has 1 aromatic rings. The van der Waals surface area contributed by atoms with Crippen LogP contribution in [0.2, 0.25) is 5.02 Å². The summed E-state index contributed by atoms with van der Waals surface area (Å²) in [6.45, 7) is 0.525. The van der Waals surface area contributed by atoms with Crippen molar-refractivity contribution in [3.8, 4) is 6.07 Å². The molecule has 1 aromatic carbocycles. The van der Waals surface area contributed by atoms with E-state index in [2.05, 4.69) is 6.07 Å². The summed E-state index contributed by atoms with van der Waals surface area (Å²) in [6.07, 6.45) is 0. The molecule has 18 heavy (non-hydrogen) atoms. The molecule has 0 aliphatic carbocycles. The van der Waals surface area contributed by atoms with Crippen LogP contribution in [-0.4, -0.2) is 34.9 Å². The summed E-state index contributed by atoms with van der Waals surface area (Å²) in [7, 11) is 0. The smallest absolute Gasteiger partial charge is 0.255 e. The standard InChI is InChI=1S/C12H10ClFN2OS/c13-10-5-8(1-2-11(10)14)12(17)16-3-4-18-7-9(16)6-15/h1-2,5,9H,3-4,7H2. The van der Waals surface area contributed by atoms with Crippen LogP contribution < -0.4 is 0 Å². The maximum Gasteiger partial charge on any atom is 0.255 e. The van der Waals surface area contributed by atoms with E-state index in [9.17, 15) is 9.18 Å². The first kappa shape index (κ1) is 13.2. The normalized spacial score (nSPS) is 19.4. The molecule has 0 aromatic heterocycles. The maximum absolute atomic E-state index is 13.0. The van der Waals surface area contributed by atoms with E-state index in [-0.39, 0.29) is 10.9 Å². The highest BCUT2D eigenvalue weighted by Crippen LogP contribution is 2.21. The lowest BCUT2D eigenvalue weighted by molar-refractivity contribution is 0.0737. The number of halogens is 2. The van der Waals surface area contributed by atoms with E-state index in [1.54, 1.807) is 11.8 Å². The van der Waals surface area contributed by atoms with Gasteiger partial charge in [0.2, 0.25) is 0 Å². The molecule has 1 unspecified atom stereocenters. The molecule has 6 heteroatoms. The van der Waals surface area contributed by atoms with E-state index in [0.29, 0.717) is 17.9 Å². The molecule has 1 amide bonds. The molecule has 2 rings (SSSR count). The Balaban J connectivity index is 2.24. The number of amides is 1. The van der Waals surface area contributed by atoms with Gasteiger partial charge in [-0.25, -0.2) is 4.39 Å². The monoisotopic (exact) mass is 284 g/mol. The molecule has 1 heterocycles. The molecule has 1 atom stereocenters. The van der Waals surface area contributed by atoms with Crippen molar-refractivity contribution in [1.82, 2.24) is 4.90 Å². The summed E-state index contributed by atoms with van der Waals surface area (Å²) in [5.74, 6) is 0.582. The minimum atomic E-state index is -0.556. The zero-order valence-electron chi connectivity index (χ0n) is 9.40. The lowest BCUT2D eigenvalue weighted by Crippen LogP contribution is -2.45. The van der Waals surface area contributed by atoms with E-state index in [1.807, 2.05) is 0 Å². The van der Waals surface area contributed by atoms with Gasteiger partial charge in [0.15, 0.2) is 0 Å². The molecular weight excluding hydrogens is 275 g/mol. The predicted octanol–water partition coefficient (Wildman–Crippen LogP) is 2.56. The summed E-state index contributed by atoms with van der Waals surface area (Å²) in [6, 6.07) is 5.53. The number of nitriles is 1. The van der Waals surface area contributed by atoms with Crippen LogP contribution in [-0.2, 0) is 0 Å². The van der Waals surface area contributed by atoms with Gasteiger partial charge in [0.1, 0.15) is 11.9 Å². The van der Waals surface area contributed by atoms with Crippen molar-refractivity contribution < 1.29 is 9.18 Å². The van der Waals surface area contributed by atoms with Crippen molar-refractivity contribution in [2.75, 3.05) is 18.1 Å². The van der Waals surface area contributed by atoms with Gasteiger partial charge in [-0.3, -0.25) is 4.79 Å². The Morgan fingerprint density at radius 2 is 2.39 bits per heavy atom. The Bertz CT molecular complexity index is 517. The Morgan fingerprint density at radius 3 is 3.06 bits per heavy atom. The van der Waals surface area contributed by atoms with Crippen molar-refractivity contribution in [3.05, 3.63) is 34.6 Å². The molecule has 1 aliphatic heterocycles. The topological polar surface area (TPSA) is 44.1 Å². The predicted molar refractivity (Wildman–Crippen MR) is 69.2 cm³/mol. The third-order valence-corrected chi connectivity index (χ3v) is 4.02. The van der Waals surface area contributed by atoms with Crippen LogP contribution in [0.5, 0.6) is 0 Å². The number of benzene rings is 1. The summed E-state index contributed by atoms with van der Waals surface area (Å²) in [4.78, 5) is 13.7. The first-order valence-corrected chi connectivity index (χ1v) is 6.90. The van der Waals surface area contributed by atoms with Crippen LogP contribution >= 0.6 is 23.4 Å². The van der Waals surface area contributed by atoms with Crippen molar-refractivity contribution in [2.45, 2.75) is 6.04 Å². The number of thioether (sulfide) groups is 1. The number of carbonyl (C=O) groups is 1. The lowest BCUT2D eigenvalue weighted by Gasteiger charge is -2.31. The van der Waals surface area contributed by atoms with Crippen LogP contribution in [0.15, 0.2) is 18.2 Å². The highest BCUT2D eigenvalue weighted by molar-refractivity contribution is 7.99. The van der Waals surface area contributed by atoms with Crippen molar-refractivity contribution in [3.63, 3.8) is 0 Å². The van der Waals surface area contributed by atoms with Crippen LogP contribution in [0.3, 0.4) is 0 Å². The number of rotatable bonds is 1. The molecule has 1 aliphatic rings. The van der Waals surface area contributed by atoms with Crippen LogP contribution in [0, 0.1) is 17.1 Å². The fourth-order valence-electron chi connectivity index (χ4n) is 1.75. The fraction of sp³-hybridized carbons (Fsp3) is 0.333. The third kappa shape index (κ3) is 2.60. The van der Waals surface area contributed by atoms with Gasteiger partial charge in [-0.15, -0.1) is 0 Å².